The molecule has 0 saturated heterocycles. The zero-order valence-corrected chi connectivity index (χ0v) is 11.9. The van der Waals surface area contributed by atoms with Crippen LogP contribution in [0.4, 0.5) is 0 Å². The second-order valence-corrected chi connectivity index (χ2v) is 5.13. The number of rotatable bonds is 5. The molecule has 0 fully saturated rings. The van der Waals surface area contributed by atoms with E-state index in [-0.39, 0.29) is 18.4 Å². The smallest absolute Gasteiger partial charge is 0.303 e. The lowest BCUT2D eigenvalue weighted by Gasteiger charge is -2.25. The van der Waals surface area contributed by atoms with Gasteiger partial charge in [0.1, 0.15) is 0 Å². The van der Waals surface area contributed by atoms with Crippen molar-refractivity contribution in [2.75, 3.05) is 7.05 Å². The van der Waals surface area contributed by atoms with Crippen LogP contribution in [0.1, 0.15) is 41.6 Å². The fourth-order valence-corrected chi connectivity index (χ4v) is 2.46. The predicted molar refractivity (Wildman–Crippen MR) is 73.9 cm³/mol. The number of aryl methyl sites for hydroxylation is 3. The summed E-state index contributed by atoms with van der Waals surface area (Å²) in [5, 5.41) is 12.2. The highest BCUT2D eigenvalue weighted by Crippen LogP contribution is 2.28. The molecule has 1 aromatic rings. The molecule has 0 aliphatic rings. The summed E-state index contributed by atoms with van der Waals surface area (Å²) in [7, 11) is 1.89. The largest absolute Gasteiger partial charge is 0.481 e. The average molecular weight is 249 g/mol. The van der Waals surface area contributed by atoms with Gasteiger partial charge in [0.2, 0.25) is 0 Å². The molecule has 0 bridgehead atoms. The number of hydrogen-bond acceptors (Lipinski definition) is 2. The topological polar surface area (TPSA) is 49.3 Å². The highest BCUT2D eigenvalue weighted by molar-refractivity contribution is 5.67. The van der Waals surface area contributed by atoms with Gasteiger partial charge in [-0.3, -0.25) is 4.79 Å². The number of hydrogen-bond donors (Lipinski definition) is 2. The normalized spacial score (nSPS) is 14.3. The summed E-state index contributed by atoms with van der Waals surface area (Å²) < 4.78 is 0. The van der Waals surface area contributed by atoms with Gasteiger partial charge in [-0.2, -0.15) is 0 Å². The maximum absolute atomic E-state index is 10.8. The molecule has 0 heterocycles. The molecule has 0 aliphatic carbocycles. The Labute approximate surface area is 109 Å². The SMILES string of the molecule is CNC(c1cc(C)c(C)cc1C)C(C)CC(=O)O. The van der Waals surface area contributed by atoms with E-state index < -0.39 is 5.97 Å². The highest BCUT2D eigenvalue weighted by atomic mass is 16.4. The molecule has 1 aromatic carbocycles. The van der Waals surface area contributed by atoms with E-state index in [4.69, 9.17) is 5.11 Å². The first kappa shape index (κ1) is 14.7. The van der Waals surface area contributed by atoms with Gasteiger partial charge in [-0.15, -0.1) is 0 Å². The van der Waals surface area contributed by atoms with Crippen molar-refractivity contribution in [1.29, 1.82) is 0 Å². The monoisotopic (exact) mass is 249 g/mol. The van der Waals surface area contributed by atoms with Gasteiger partial charge in [-0.05, 0) is 56.0 Å². The second kappa shape index (κ2) is 6.01. The molecule has 0 saturated carbocycles. The van der Waals surface area contributed by atoms with Crippen molar-refractivity contribution in [1.82, 2.24) is 5.32 Å². The fourth-order valence-electron chi connectivity index (χ4n) is 2.46. The zero-order valence-electron chi connectivity index (χ0n) is 11.9. The zero-order chi connectivity index (χ0) is 13.9. The van der Waals surface area contributed by atoms with Gasteiger partial charge < -0.3 is 10.4 Å². The third kappa shape index (κ3) is 3.33. The quantitative estimate of drug-likeness (QED) is 0.843. The minimum absolute atomic E-state index is 0.0632. The fraction of sp³-hybridized carbons (Fsp3) is 0.533. The van der Waals surface area contributed by atoms with Crippen molar-refractivity contribution >= 4 is 5.97 Å². The minimum atomic E-state index is -0.746. The summed E-state index contributed by atoms with van der Waals surface area (Å²) in [5.41, 5.74) is 4.94. The molecule has 2 unspecified atom stereocenters. The summed E-state index contributed by atoms with van der Waals surface area (Å²) in [5.74, 6) is -0.683. The standard InChI is InChI=1S/C15H23NO2/c1-9-6-11(3)13(7-10(9)2)15(16-5)12(4)8-14(17)18/h6-7,12,15-16H,8H2,1-5H3,(H,17,18). The predicted octanol–water partition coefficient (Wildman–Crippen LogP) is 2.98. The third-order valence-electron chi connectivity index (χ3n) is 3.59. The highest BCUT2D eigenvalue weighted by Gasteiger charge is 2.21. The van der Waals surface area contributed by atoms with Crippen LogP contribution in [-0.4, -0.2) is 18.1 Å². The first-order valence-electron chi connectivity index (χ1n) is 6.33. The Morgan fingerprint density at radius 3 is 2.28 bits per heavy atom. The van der Waals surface area contributed by atoms with Crippen molar-refractivity contribution in [2.24, 2.45) is 5.92 Å². The van der Waals surface area contributed by atoms with E-state index in [0.717, 1.165) is 0 Å². The van der Waals surface area contributed by atoms with Crippen LogP contribution in [-0.2, 0) is 4.79 Å². The molecule has 0 radical (unpaired) electrons. The van der Waals surface area contributed by atoms with Crippen LogP contribution in [0.5, 0.6) is 0 Å². The van der Waals surface area contributed by atoms with Gasteiger partial charge in [-0.1, -0.05) is 19.1 Å². The van der Waals surface area contributed by atoms with Crippen LogP contribution in [0.15, 0.2) is 12.1 Å². The van der Waals surface area contributed by atoms with E-state index in [1.807, 2.05) is 14.0 Å². The van der Waals surface area contributed by atoms with Crippen LogP contribution in [0.2, 0.25) is 0 Å². The lowest BCUT2D eigenvalue weighted by atomic mass is 9.87. The number of carboxylic acid groups (broad SMARTS) is 1. The van der Waals surface area contributed by atoms with Crippen molar-refractivity contribution in [3.63, 3.8) is 0 Å². The maximum atomic E-state index is 10.8. The maximum Gasteiger partial charge on any atom is 0.303 e. The molecule has 0 aromatic heterocycles. The van der Waals surface area contributed by atoms with Gasteiger partial charge in [0.15, 0.2) is 0 Å². The van der Waals surface area contributed by atoms with Gasteiger partial charge in [-0.25, -0.2) is 0 Å². The Bertz CT molecular complexity index is 440. The van der Waals surface area contributed by atoms with Crippen LogP contribution >= 0.6 is 0 Å². The molecule has 3 heteroatoms. The Morgan fingerprint density at radius 1 is 1.22 bits per heavy atom. The summed E-state index contributed by atoms with van der Waals surface area (Å²) in [6.45, 7) is 8.25. The molecule has 18 heavy (non-hydrogen) atoms. The molecule has 3 nitrogen and oxygen atoms in total. The Balaban J connectivity index is 3.08. The van der Waals surface area contributed by atoms with E-state index >= 15 is 0 Å². The minimum Gasteiger partial charge on any atom is -0.481 e. The molecule has 0 aliphatic heterocycles. The van der Waals surface area contributed by atoms with Gasteiger partial charge in [0.05, 0.1) is 0 Å². The molecule has 100 valence electrons. The third-order valence-corrected chi connectivity index (χ3v) is 3.59. The average Bonchev–Trinajstić information content (AvgIpc) is 2.25. The van der Waals surface area contributed by atoms with Gasteiger partial charge in [0.25, 0.3) is 0 Å². The van der Waals surface area contributed by atoms with Crippen LogP contribution in [0, 0.1) is 26.7 Å². The molecule has 1 rings (SSSR count). The summed E-state index contributed by atoms with van der Waals surface area (Å²) in [4.78, 5) is 10.8. The first-order valence-corrected chi connectivity index (χ1v) is 6.33. The van der Waals surface area contributed by atoms with Crippen LogP contribution < -0.4 is 5.32 Å². The van der Waals surface area contributed by atoms with Gasteiger partial charge in [0, 0.05) is 12.5 Å². The number of benzene rings is 1. The van der Waals surface area contributed by atoms with E-state index in [9.17, 15) is 4.79 Å². The van der Waals surface area contributed by atoms with Crippen molar-refractivity contribution in [2.45, 2.75) is 40.2 Å². The number of aliphatic carboxylic acids is 1. The summed E-state index contributed by atoms with van der Waals surface area (Å²) >= 11 is 0. The van der Waals surface area contributed by atoms with Crippen molar-refractivity contribution in [3.8, 4) is 0 Å². The second-order valence-electron chi connectivity index (χ2n) is 5.13. The molecular weight excluding hydrogens is 226 g/mol. The lowest BCUT2D eigenvalue weighted by Crippen LogP contribution is -2.26. The van der Waals surface area contributed by atoms with Gasteiger partial charge >= 0.3 is 5.97 Å². The molecule has 0 amide bonds. The molecular formula is C15H23NO2. The van der Waals surface area contributed by atoms with Crippen molar-refractivity contribution in [3.05, 3.63) is 34.4 Å². The van der Waals surface area contributed by atoms with Crippen LogP contribution in [0.25, 0.3) is 0 Å². The van der Waals surface area contributed by atoms with E-state index in [1.54, 1.807) is 0 Å². The van der Waals surface area contributed by atoms with E-state index in [2.05, 4.69) is 38.2 Å². The Hall–Kier alpha value is -1.35. The summed E-state index contributed by atoms with van der Waals surface area (Å²) in [6.07, 6.45) is 0.178. The number of nitrogens with one attached hydrogen (secondary N) is 1. The van der Waals surface area contributed by atoms with Crippen molar-refractivity contribution < 1.29 is 9.90 Å². The molecule has 0 spiro atoms. The molecule has 2 N–H and O–H groups in total. The number of carboxylic acids is 1. The Kier molecular flexibility index (Phi) is 4.91. The lowest BCUT2D eigenvalue weighted by molar-refractivity contribution is -0.138. The Morgan fingerprint density at radius 2 is 1.78 bits per heavy atom. The first-order chi connectivity index (χ1) is 8.36. The van der Waals surface area contributed by atoms with Crippen LogP contribution in [0.3, 0.4) is 0 Å². The van der Waals surface area contributed by atoms with E-state index in [1.165, 1.54) is 22.3 Å². The summed E-state index contributed by atoms with van der Waals surface area (Å²) in [6, 6.07) is 4.42. The molecule has 2 atom stereocenters. The van der Waals surface area contributed by atoms with E-state index in [0.29, 0.717) is 0 Å². The number of carbonyl (C=O) groups is 1.